The van der Waals surface area contributed by atoms with Crippen LogP contribution in [-0.4, -0.2) is 15.9 Å². The molecular weight excluding hydrogens is 194 g/mol. The number of anilines is 1. The Labute approximate surface area is 87.7 Å². The summed E-state index contributed by atoms with van der Waals surface area (Å²) in [5.41, 5.74) is 0.866. The maximum Gasteiger partial charge on any atom is 0.287 e. The van der Waals surface area contributed by atoms with E-state index < -0.39 is 4.92 Å². The first-order valence-electron chi connectivity index (χ1n) is 4.95. The van der Waals surface area contributed by atoms with Gasteiger partial charge >= 0.3 is 0 Å². The summed E-state index contributed by atoms with van der Waals surface area (Å²) in [6, 6.07) is 2.03. The van der Waals surface area contributed by atoms with Crippen LogP contribution in [-0.2, 0) is 0 Å². The van der Waals surface area contributed by atoms with Gasteiger partial charge in [-0.25, -0.2) is 4.98 Å². The van der Waals surface area contributed by atoms with Crippen LogP contribution in [0.3, 0.4) is 0 Å². The van der Waals surface area contributed by atoms with Crippen molar-refractivity contribution < 1.29 is 4.92 Å². The van der Waals surface area contributed by atoms with Crippen LogP contribution in [0.1, 0.15) is 18.9 Å². The number of pyridine rings is 1. The van der Waals surface area contributed by atoms with Crippen molar-refractivity contribution in [1.29, 1.82) is 0 Å². The first kappa shape index (κ1) is 9.89. The van der Waals surface area contributed by atoms with Gasteiger partial charge in [-0.15, -0.1) is 0 Å². The number of aryl methyl sites for hydroxylation is 1. The summed E-state index contributed by atoms with van der Waals surface area (Å²) >= 11 is 0. The van der Waals surface area contributed by atoms with Crippen LogP contribution < -0.4 is 5.32 Å². The van der Waals surface area contributed by atoms with Crippen LogP contribution in [0.25, 0.3) is 0 Å². The van der Waals surface area contributed by atoms with Crippen LogP contribution in [0.4, 0.5) is 11.5 Å². The second kappa shape index (κ2) is 3.49. The molecule has 1 fully saturated rings. The van der Waals surface area contributed by atoms with E-state index in [0.717, 1.165) is 17.8 Å². The van der Waals surface area contributed by atoms with Gasteiger partial charge in [-0.2, -0.15) is 0 Å². The Morgan fingerprint density at radius 3 is 2.80 bits per heavy atom. The van der Waals surface area contributed by atoms with Crippen LogP contribution in [0, 0.1) is 23.0 Å². The minimum atomic E-state index is -0.427. The van der Waals surface area contributed by atoms with Gasteiger partial charge < -0.3 is 5.32 Å². The zero-order chi connectivity index (χ0) is 11.0. The third-order valence-corrected chi connectivity index (χ3v) is 2.71. The van der Waals surface area contributed by atoms with Crippen molar-refractivity contribution in [3.63, 3.8) is 0 Å². The van der Waals surface area contributed by atoms with Crippen LogP contribution in [0.2, 0.25) is 0 Å². The lowest BCUT2D eigenvalue weighted by molar-refractivity contribution is -0.385. The second-order valence-corrected chi connectivity index (χ2v) is 4.08. The third-order valence-electron chi connectivity index (χ3n) is 2.71. The van der Waals surface area contributed by atoms with Crippen LogP contribution >= 0.6 is 0 Å². The smallest absolute Gasteiger partial charge is 0.287 e. The lowest BCUT2D eigenvalue weighted by atomic mass is 10.2. The number of hydrogen-bond donors (Lipinski definition) is 1. The van der Waals surface area contributed by atoms with Gasteiger partial charge in [0.2, 0.25) is 0 Å². The van der Waals surface area contributed by atoms with E-state index in [1.807, 2.05) is 6.92 Å². The standard InChI is InChI=1S/C10H13N3O2/c1-6-4-9(6)12-10-7(2)3-8(5-11-10)13(14)15/h3,5-6,9H,4H2,1-2H3,(H,11,12). The molecule has 0 spiro atoms. The molecule has 1 aliphatic rings. The first-order valence-corrected chi connectivity index (χ1v) is 4.95. The Kier molecular flexibility index (Phi) is 2.30. The van der Waals surface area contributed by atoms with Crippen LogP contribution in [0.15, 0.2) is 12.3 Å². The molecule has 0 radical (unpaired) electrons. The number of rotatable bonds is 3. The summed E-state index contributed by atoms with van der Waals surface area (Å²) in [6.07, 6.45) is 2.44. The van der Waals surface area contributed by atoms with Gasteiger partial charge in [-0.05, 0) is 24.8 Å². The highest BCUT2D eigenvalue weighted by Gasteiger charge is 2.33. The van der Waals surface area contributed by atoms with E-state index in [1.165, 1.54) is 6.20 Å². The molecular formula is C10H13N3O2. The van der Waals surface area contributed by atoms with E-state index in [9.17, 15) is 10.1 Å². The topological polar surface area (TPSA) is 68.1 Å². The molecule has 1 aromatic rings. The Balaban J connectivity index is 2.15. The van der Waals surface area contributed by atoms with Crippen molar-refractivity contribution in [3.05, 3.63) is 27.9 Å². The predicted octanol–water partition coefficient (Wildman–Crippen LogP) is 2.12. The third kappa shape index (κ3) is 2.06. The van der Waals surface area contributed by atoms with E-state index in [4.69, 9.17) is 0 Å². The Morgan fingerprint density at radius 2 is 2.33 bits per heavy atom. The molecule has 1 saturated carbocycles. The van der Waals surface area contributed by atoms with E-state index in [1.54, 1.807) is 6.07 Å². The van der Waals surface area contributed by atoms with Crippen molar-refractivity contribution in [1.82, 2.24) is 4.98 Å². The fourth-order valence-corrected chi connectivity index (χ4v) is 1.51. The molecule has 2 rings (SSSR count). The molecule has 80 valence electrons. The zero-order valence-electron chi connectivity index (χ0n) is 8.73. The highest BCUT2D eigenvalue weighted by molar-refractivity contribution is 5.49. The highest BCUT2D eigenvalue weighted by atomic mass is 16.6. The monoisotopic (exact) mass is 207 g/mol. The van der Waals surface area contributed by atoms with E-state index >= 15 is 0 Å². The molecule has 1 aromatic heterocycles. The molecule has 15 heavy (non-hydrogen) atoms. The molecule has 5 heteroatoms. The Bertz CT molecular complexity index is 406. The van der Waals surface area contributed by atoms with E-state index in [-0.39, 0.29) is 5.69 Å². The Morgan fingerprint density at radius 1 is 1.67 bits per heavy atom. The molecule has 0 aromatic carbocycles. The Hall–Kier alpha value is -1.65. The van der Waals surface area contributed by atoms with Crippen molar-refractivity contribution in [2.75, 3.05) is 5.32 Å². The SMILES string of the molecule is Cc1cc([N+](=O)[O-])cnc1NC1CC1C. The largest absolute Gasteiger partial charge is 0.367 e. The maximum atomic E-state index is 10.5. The molecule has 0 saturated heterocycles. The highest BCUT2D eigenvalue weighted by Crippen LogP contribution is 2.33. The fourth-order valence-electron chi connectivity index (χ4n) is 1.51. The average Bonchev–Trinajstić information content (AvgIpc) is 2.85. The normalized spacial score (nSPS) is 23.6. The molecule has 0 bridgehead atoms. The van der Waals surface area contributed by atoms with Crippen molar-refractivity contribution in [2.24, 2.45) is 5.92 Å². The quantitative estimate of drug-likeness (QED) is 0.608. The maximum absolute atomic E-state index is 10.5. The molecule has 1 N–H and O–H groups in total. The molecule has 2 unspecified atom stereocenters. The molecule has 5 nitrogen and oxygen atoms in total. The summed E-state index contributed by atoms with van der Waals surface area (Å²) < 4.78 is 0. The molecule has 2 atom stereocenters. The summed E-state index contributed by atoms with van der Waals surface area (Å²) in [5, 5.41) is 13.8. The lowest BCUT2D eigenvalue weighted by Gasteiger charge is -2.06. The molecule has 1 heterocycles. The van der Waals surface area contributed by atoms with Gasteiger partial charge in [0.05, 0.1) is 4.92 Å². The number of nitro groups is 1. The number of hydrogen-bond acceptors (Lipinski definition) is 4. The van der Waals surface area contributed by atoms with Crippen molar-refractivity contribution in [3.8, 4) is 0 Å². The number of aromatic nitrogens is 1. The second-order valence-electron chi connectivity index (χ2n) is 4.08. The predicted molar refractivity (Wildman–Crippen MR) is 56.8 cm³/mol. The van der Waals surface area contributed by atoms with Gasteiger partial charge in [0, 0.05) is 12.1 Å². The van der Waals surface area contributed by atoms with Crippen LogP contribution in [0.5, 0.6) is 0 Å². The molecule has 0 aliphatic heterocycles. The van der Waals surface area contributed by atoms with Crippen molar-refractivity contribution in [2.45, 2.75) is 26.3 Å². The summed E-state index contributed by atoms with van der Waals surface area (Å²) in [4.78, 5) is 14.1. The first-order chi connectivity index (χ1) is 7.08. The zero-order valence-corrected chi connectivity index (χ0v) is 8.73. The summed E-state index contributed by atoms with van der Waals surface area (Å²) in [5.74, 6) is 1.44. The minimum Gasteiger partial charge on any atom is -0.367 e. The summed E-state index contributed by atoms with van der Waals surface area (Å²) in [7, 11) is 0. The summed E-state index contributed by atoms with van der Waals surface area (Å²) in [6.45, 7) is 3.99. The van der Waals surface area contributed by atoms with E-state index in [0.29, 0.717) is 12.0 Å². The lowest BCUT2D eigenvalue weighted by Crippen LogP contribution is -2.07. The van der Waals surface area contributed by atoms with Gasteiger partial charge in [0.25, 0.3) is 5.69 Å². The number of nitrogens with one attached hydrogen (secondary N) is 1. The minimum absolute atomic E-state index is 0.0434. The van der Waals surface area contributed by atoms with Gasteiger partial charge in [-0.3, -0.25) is 10.1 Å². The number of nitrogens with zero attached hydrogens (tertiary/aromatic N) is 2. The fraction of sp³-hybridized carbons (Fsp3) is 0.500. The van der Waals surface area contributed by atoms with Gasteiger partial charge in [0.15, 0.2) is 0 Å². The molecule has 1 aliphatic carbocycles. The van der Waals surface area contributed by atoms with Crippen molar-refractivity contribution >= 4 is 11.5 Å². The van der Waals surface area contributed by atoms with Gasteiger partial charge in [0.1, 0.15) is 12.0 Å². The van der Waals surface area contributed by atoms with Gasteiger partial charge in [-0.1, -0.05) is 6.92 Å². The average molecular weight is 207 g/mol. The molecule has 0 amide bonds. The van der Waals surface area contributed by atoms with E-state index in [2.05, 4.69) is 17.2 Å².